The van der Waals surface area contributed by atoms with E-state index in [1.54, 1.807) is 0 Å². The van der Waals surface area contributed by atoms with Crippen LogP contribution in [0.2, 0.25) is 0 Å². The van der Waals surface area contributed by atoms with Crippen LogP contribution in [0.1, 0.15) is 148 Å². The van der Waals surface area contributed by atoms with Crippen LogP contribution in [0.3, 0.4) is 0 Å². The van der Waals surface area contributed by atoms with Crippen molar-refractivity contribution in [1.82, 2.24) is 0 Å². The molecule has 0 spiro atoms. The van der Waals surface area contributed by atoms with E-state index in [-0.39, 0.29) is 5.92 Å². The number of aliphatic carboxylic acids is 1. The third-order valence-electron chi connectivity index (χ3n) is 6.22. The molecular weight excluding hydrogens is 360 g/mol. The van der Waals surface area contributed by atoms with E-state index in [2.05, 4.69) is 6.92 Å². The van der Waals surface area contributed by atoms with E-state index < -0.39 is 5.97 Å². The first kappa shape index (κ1) is 28.4. The maximum Gasteiger partial charge on any atom is 0.306 e. The lowest BCUT2D eigenvalue weighted by molar-refractivity contribution is -0.142. The molecule has 0 radical (unpaired) electrons. The summed E-state index contributed by atoms with van der Waals surface area (Å²) in [6.45, 7) is 2.57. The SMILES string of the molecule is CCCCCCCCC(CCCCCCCCCCCCCCCCO)C(=O)O. The summed E-state index contributed by atoms with van der Waals surface area (Å²) >= 11 is 0. The van der Waals surface area contributed by atoms with Crippen LogP contribution in [-0.2, 0) is 4.79 Å². The molecule has 0 bridgehead atoms. The van der Waals surface area contributed by atoms with Crippen molar-refractivity contribution in [2.24, 2.45) is 5.92 Å². The number of carboxylic acids is 1. The molecule has 0 aliphatic carbocycles. The molecule has 0 fully saturated rings. The Morgan fingerprint density at radius 2 is 0.862 bits per heavy atom. The summed E-state index contributed by atoms with van der Waals surface area (Å²) in [6, 6.07) is 0. The van der Waals surface area contributed by atoms with Crippen molar-refractivity contribution in [2.75, 3.05) is 6.61 Å². The molecule has 0 aromatic heterocycles. The maximum atomic E-state index is 11.4. The van der Waals surface area contributed by atoms with Gasteiger partial charge in [-0.3, -0.25) is 4.79 Å². The summed E-state index contributed by atoms with van der Waals surface area (Å²) < 4.78 is 0. The minimum Gasteiger partial charge on any atom is -0.481 e. The van der Waals surface area contributed by atoms with E-state index in [1.165, 1.54) is 109 Å². The van der Waals surface area contributed by atoms with Gasteiger partial charge in [-0.05, 0) is 19.3 Å². The van der Waals surface area contributed by atoms with Gasteiger partial charge in [-0.2, -0.15) is 0 Å². The van der Waals surface area contributed by atoms with Crippen molar-refractivity contribution < 1.29 is 15.0 Å². The van der Waals surface area contributed by atoms with E-state index in [0.717, 1.165) is 32.1 Å². The van der Waals surface area contributed by atoms with Crippen molar-refractivity contribution in [3.63, 3.8) is 0 Å². The number of carbonyl (C=O) groups is 1. The monoisotopic (exact) mass is 412 g/mol. The molecule has 2 N–H and O–H groups in total. The Morgan fingerprint density at radius 1 is 0.552 bits per heavy atom. The largest absolute Gasteiger partial charge is 0.481 e. The minimum absolute atomic E-state index is 0.107. The molecular formula is C26H52O3. The van der Waals surface area contributed by atoms with Crippen LogP contribution in [0.25, 0.3) is 0 Å². The second-order valence-corrected chi connectivity index (χ2v) is 9.05. The van der Waals surface area contributed by atoms with Gasteiger partial charge in [0.15, 0.2) is 0 Å². The lowest BCUT2D eigenvalue weighted by Gasteiger charge is -2.12. The van der Waals surface area contributed by atoms with Crippen molar-refractivity contribution in [2.45, 2.75) is 148 Å². The molecule has 0 saturated heterocycles. The molecule has 0 aliphatic heterocycles. The van der Waals surface area contributed by atoms with Gasteiger partial charge in [0.2, 0.25) is 0 Å². The number of carboxylic acid groups (broad SMARTS) is 1. The number of aliphatic hydroxyl groups excluding tert-OH is 1. The van der Waals surface area contributed by atoms with Crippen LogP contribution in [0.4, 0.5) is 0 Å². The van der Waals surface area contributed by atoms with Gasteiger partial charge in [0, 0.05) is 6.61 Å². The number of aliphatic hydroxyl groups is 1. The molecule has 0 aliphatic rings. The Balaban J connectivity index is 3.36. The second kappa shape index (κ2) is 23.7. The summed E-state index contributed by atoms with van der Waals surface area (Å²) in [6.07, 6.45) is 27.0. The van der Waals surface area contributed by atoms with Crippen LogP contribution >= 0.6 is 0 Å². The average molecular weight is 413 g/mol. The third kappa shape index (κ3) is 21.9. The van der Waals surface area contributed by atoms with Gasteiger partial charge in [0.05, 0.1) is 5.92 Å². The van der Waals surface area contributed by atoms with Gasteiger partial charge in [0.25, 0.3) is 0 Å². The molecule has 0 aromatic carbocycles. The predicted molar refractivity (Wildman–Crippen MR) is 125 cm³/mol. The molecule has 3 nitrogen and oxygen atoms in total. The normalized spacial score (nSPS) is 12.3. The van der Waals surface area contributed by atoms with Crippen LogP contribution < -0.4 is 0 Å². The van der Waals surface area contributed by atoms with E-state index >= 15 is 0 Å². The summed E-state index contributed by atoms with van der Waals surface area (Å²) in [4.78, 5) is 11.4. The van der Waals surface area contributed by atoms with E-state index in [4.69, 9.17) is 5.11 Å². The molecule has 3 heteroatoms. The highest BCUT2D eigenvalue weighted by molar-refractivity contribution is 5.69. The Bertz CT molecular complexity index is 330. The topological polar surface area (TPSA) is 57.5 Å². The molecule has 0 saturated carbocycles. The highest BCUT2D eigenvalue weighted by atomic mass is 16.4. The summed E-state index contributed by atoms with van der Waals surface area (Å²) in [5, 5.41) is 18.2. The van der Waals surface area contributed by atoms with Crippen LogP contribution in [0, 0.1) is 5.92 Å². The lowest BCUT2D eigenvalue weighted by atomic mass is 9.94. The van der Waals surface area contributed by atoms with Crippen LogP contribution in [0.5, 0.6) is 0 Å². The first-order chi connectivity index (χ1) is 14.2. The van der Waals surface area contributed by atoms with Gasteiger partial charge in [-0.15, -0.1) is 0 Å². The number of rotatable bonds is 24. The van der Waals surface area contributed by atoms with E-state index in [1.807, 2.05) is 0 Å². The molecule has 174 valence electrons. The smallest absolute Gasteiger partial charge is 0.306 e. The van der Waals surface area contributed by atoms with Crippen molar-refractivity contribution in [3.05, 3.63) is 0 Å². The summed E-state index contributed by atoms with van der Waals surface area (Å²) in [5.41, 5.74) is 0. The van der Waals surface area contributed by atoms with Crippen LogP contribution in [0.15, 0.2) is 0 Å². The third-order valence-corrected chi connectivity index (χ3v) is 6.22. The molecule has 0 amide bonds. The maximum absolute atomic E-state index is 11.4. The lowest BCUT2D eigenvalue weighted by Crippen LogP contribution is -2.13. The number of hydrogen-bond donors (Lipinski definition) is 2. The standard InChI is InChI=1S/C26H52O3/c1-2-3-4-5-16-19-22-25(26(28)29)23-20-17-14-12-10-8-6-7-9-11-13-15-18-21-24-27/h25,27H,2-24H2,1H3,(H,28,29). The Kier molecular flexibility index (Phi) is 23.2. The van der Waals surface area contributed by atoms with Crippen molar-refractivity contribution >= 4 is 5.97 Å². The van der Waals surface area contributed by atoms with Gasteiger partial charge < -0.3 is 10.2 Å². The first-order valence-corrected chi connectivity index (χ1v) is 13.1. The van der Waals surface area contributed by atoms with Gasteiger partial charge in [-0.25, -0.2) is 0 Å². The average Bonchev–Trinajstić information content (AvgIpc) is 2.71. The molecule has 0 heterocycles. The Hall–Kier alpha value is -0.570. The molecule has 1 unspecified atom stereocenters. The fraction of sp³-hybridized carbons (Fsp3) is 0.962. The fourth-order valence-electron chi connectivity index (χ4n) is 4.19. The van der Waals surface area contributed by atoms with Crippen molar-refractivity contribution in [1.29, 1.82) is 0 Å². The zero-order valence-corrected chi connectivity index (χ0v) is 19.6. The number of unbranched alkanes of at least 4 members (excludes halogenated alkanes) is 18. The van der Waals surface area contributed by atoms with Crippen LogP contribution in [-0.4, -0.2) is 22.8 Å². The Morgan fingerprint density at radius 3 is 1.17 bits per heavy atom. The summed E-state index contributed by atoms with van der Waals surface area (Å²) in [7, 11) is 0. The van der Waals surface area contributed by atoms with Gasteiger partial charge in [0.1, 0.15) is 0 Å². The predicted octanol–water partition coefficient (Wildman–Crippen LogP) is 8.28. The first-order valence-electron chi connectivity index (χ1n) is 13.1. The fourth-order valence-corrected chi connectivity index (χ4v) is 4.19. The quantitative estimate of drug-likeness (QED) is 0.157. The van der Waals surface area contributed by atoms with Gasteiger partial charge >= 0.3 is 5.97 Å². The zero-order valence-electron chi connectivity index (χ0n) is 19.6. The number of hydrogen-bond acceptors (Lipinski definition) is 2. The van der Waals surface area contributed by atoms with E-state index in [0.29, 0.717) is 6.61 Å². The molecule has 0 aromatic rings. The molecule has 0 rings (SSSR count). The summed E-state index contributed by atoms with van der Waals surface area (Å²) in [5.74, 6) is -0.684. The Labute approximate surface area is 182 Å². The molecule has 29 heavy (non-hydrogen) atoms. The van der Waals surface area contributed by atoms with Gasteiger partial charge in [-0.1, -0.05) is 129 Å². The van der Waals surface area contributed by atoms with E-state index in [9.17, 15) is 9.90 Å². The second-order valence-electron chi connectivity index (χ2n) is 9.05. The zero-order chi connectivity index (χ0) is 21.4. The molecule has 1 atom stereocenters. The van der Waals surface area contributed by atoms with Crippen molar-refractivity contribution in [3.8, 4) is 0 Å². The minimum atomic E-state index is -0.577. The highest BCUT2D eigenvalue weighted by Gasteiger charge is 2.16. The highest BCUT2D eigenvalue weighted by Crippen LogP contribution is 2.20.